The summed E-state index contributed by atoms with van der Waals surface area (Å²) in [5, 5.41) is 21.6. The second-order valence-corrected chi connectivity index (χ2v) is 11.1. The molecule has 0 aliphatic carbocycles. The van der Waals surface area contributed by atoms with Crippen LogP contribution in [0.2, 0.25) is 0 Å². The Balaban J connectivity index is 2.38. The number of nitrogens with one attached hydrogen (secondary N) is 1. The third-order valence-electron chi connectivity index (χ3n) is 5.62. The van der Waals surface area contributed by atoms with Crippen molar-refractivity contribution in [2.75, 3.05) is 16.8 Å². The second-order valence-electron chi connectivity index (χ2n) is 8.83. The van der Waals surface area contributed by atoms with Gasteiger partial charge >= 0.3 is 6.18 Å². The molecule has 0 saturated heterocycles. The van der Waals surface area contributed by atoms with Crippen LogP contribution in [-0.2, 0) is 20.8 Å². The number of benzene rings is 1. The molecule has 1 aromatic rings. The van der Waals surface area contributed by atoms with Gasteiger partial charge in [-0.15, -0.1) is 0 Å². The SMILES string of the molecule is CCCCCS(=O)(=O)CCCCCCCCC(C)(O)C(=O)Nc1ccc(C#N)c(C(F)(F)F)c1. The van der Waals surface area contributed by atoms with Crippen molar-refractivity contribution >= 4 is 21.4 Å². The summed E-state index contributed by atoms with van der Waals surface area (Å²) in [6.07, 6.45) is 2.38. The number of aliphatic hydroxyl groups is 1. The first-order chi connectivity index (χ1) is 15.8. The van der Waals surface area contributed by atoms with E-state index in [9.17, 15) is 31.5 Å². The van der Waals surface area contributed by atoms with Crippen molar-refractivity contribution in [3.05, 3.63) is 29.3 Å². The Morgan fingerprint density at radius 3 is 2.15 bits per heavy atom. The van der Waals surface area contributed by atoms with Crippen LogP contribution in [0.5, 0.6) is 0 Å². The van der Waals surface area contributed by atoms with E-state index in [1.807, 2.05) is 6.92 Å². The van der Waals surface area contributed by atoms with Gasteiger partial charge < -0.3 is 10.4 Å². The highest BCUT2D eigenvalue weighted by molar-refractivity contribution is 7.91. The van der Waals surface area contributed by atoms with Gasteiger partial charge in [-0.05, 0) is 44.4 Å². The molecule has 0 saturated carbocycles. The lowest BCUT2D eigenvalue weighted by molar-refractivity contribution is -0.138. The first kappa shape index (κ1) is 29.9. The van der Waals surface area contributed by atoms with Gasteiger partial charge in [-0.1, -0.05) is 51.9 Å². The predicted octanol–water partition coefficient (Wildman–Crippen LogP) is 5.60. The number of halogens is 3. The van der Waals surface area contributed by atoms with Crippen molar-refractivity contribution in [1.82, 2.24) is 0 Å². The molecular weight excluding hydrogens is 469 g/mol. The normalized spacial score (nSPS) is 13.8. The number of carbonyl (C=O) groups is 1. The van der Waals surface area contributed by atoms with E-state index < -0.39 is 38.6 Å². The predicted molar refractivity (Wildman–Crippen MR) is 126 cm³/mol. The van der Waals surface area contributed by atoms with Gasteiger partial charge in [0.05, 0.1) is 28.7 Å². The van der Waals surface area contributed by atoms with Crippen LogP contribution in [0.4, 0.5) is 18.9 Å². The fraction of sp³-hybridized carbons (Fsp3) is 0.667. The maximum atomic E-state index is 13.1. The first-order valence-electron chi connectivity index (χ1n) is 11.7. The lowest BCUT2D eigenvalue weighted by atomic mass is 9.96. The van der Waals surface area contributed by atoms with Crippen molar-refractivity contribution < 1.29 is 31.5 Å². The van der Waals surface area contributed by atoms with Gasteiger partial charge in [0, 0.05) is 5.69 Å². The quantitative estimate of drug-likeness (QED) is 0.302. The average Bonchev–Trinajstić information content (AvgIpc) is 2.75. The lowest BCUT2D eigenvalue weighted by Crippen LogP contribution is -2.40. The molecule has 0 fully saturated rings. The van der Waals surface area contributed by atoms with E-state index in [1.165, 1.54) is 19.1 Å². The molecule has 1 amide bonds. The van der Waals surface area contributed by atoms with Crippen LogP contribution in [0.1, 0.15) is 89.2 Å². The number of amides is 1. The van der Waals surface area contributed by atoms with E-state index in [-0.39, 0.29) is 23.6 Å². The Labute approximate surface area is 200 Å². The Bertz CT molecular complexity index is 939. The van der Waals surface area contributed by atoms with E-state index in [1.54, 1.807) is 0 Å². The summed E-state index contributed by atoms with van der Waals surface area (Å²) in [7, 11) is -2.98. The molecule has 0 aliphatic rings. The van der Waals surface area contributed by atoms with Crippen molar-refractivity contribution in [2.24, 2.45) is 0 Å². The smallest absolute Gasteiger partial charge is 0.380 e. The molecule has 0 heterocycles. The molecule has 0 spiro atoms. The van der Waals surface area contributed by atoms with Crippen LogP contribution in [0.25, 0.3) is 0 Å². The molecule has 0 aliphatic heterocycles. The number of nitriles is 1. The highest BCUT2D eigenvalue weighted by Crippen LogP contribution is 2.33. The van der Waals surface area contributed by atoms with Gasteiger partial charge in [0.1, 0.15) is 15.4 Å². The molecule has 34 heavy (non-hydrogen) atoms. The zero-order chi connectivity index (χ0) is 25.8. The highest BCUT2D eigenvalue weighted by atomic mass is 32.2. The van der Waals surface area contributed by atoms with Crippen molar-refractivity contribution in [3.8, 4) is 6.07 Å². The molecule has 1 aromatic carbocycles. The van der Waals surface area contributed by atoms with Crippen LogP contribution in [-0.4, -0.2) is 36.5 Å². The number of carbonyl (C=O) groups excluding carboxylic acids is 1. The maximum Gasteiger partial charge on any atom is 0.417 e. The minimum Gasteiger partial charge on any atom is -0.380 e. The standard InChI is InChI=1S/C24H35F3N2O4S/c1-3-4-10-15-34(32,33)16-11-8-6-5-7-9-14-23(2,31)22(30)29-20-13-12-19(18-28)21(17-20)24(25,26)27/h12-13,17,31H,3-11,14-16H2,1-2H3,(H,29,30). The number of hydrogen-bond donors (Lipinski definition) is 2. The minimum absolute atomic E-state index is 0.132. The van der Waals surface area contributed by atoms with E-state index in [0.717, 1.165) is 44.6 Å². The first-order valence-corrected chi connectivity index (χ1v) is 13.5. The van der Waals surface area contributed by atoms with Gasteiger partial charge in [0.15, 0.2) is 0 Å². The van der Waals surface area contributed by atoms with Crippen LogP contribution in [0, 0.1) is 11.3 Å². The number of hydrogen-bond acceptors (Lipinski definition) is 5. The molecule has 192 valence electrons. The van der Waals surface area contributed by atoms with E-state index in [0.29, 0.717) is 25.3 Å². The van der Waals surface area contributed by atoms with Gasteiger partial charge in [0.2, 0.25) is 0 Å². The fourth-order valence-electron chi connectivity index (χ4n) is 3.51. The highest BCUT2D eigenvalue weighted by Gasteiger charge is 2.35. The molecule has 1 unspecified atom stereocenters. The van der Waals surface area contributed by atoms with Gasteiger partial charge in [-0.25, -0.2) is 8.42 Å². The summed E-state index contributed by atoms with van der Waals surface area (Å²) < 4.78 is 63.1. The monoisotopic (exact) mass is 504 g/mol. The van der Waals surface area contributed by atoms with Gasteiger partial charge in [-0.3, -0.25) is 4.79 Å². The van der Waals surface area contributed by atoms with Crippen molar-refractivity contribution in [1.29, 1.82) is 5.26 Å². The molecule has 0 radical (unpaired) electrons. The molecule has 2 N–H and O–H groups in total. The molecule has 6 nitrogen and oxygen atoms in total. The van der Waals surface area contributed by atoms with Crippen LogP contribution >= 0.6 is 0 Å². The molecule has 0 aromatic heterocycles. The number of rotatable bonds is 15. The third kappa shape index (κ3) is 10.9. The van der Waals surface area contributed by atoms with Crippen molar-refractivity contribution in [3.63, 3.8) is 0 Å². The molecule has 0 bridgehead atoms. The number of sulfone groups is 1. The van der Waals surface area contributed by atoms with E-state index >= 15 is 0 Å². The Hall–Kier alpha value is -2.12. The minimum atomic E-state index is -4.74. The van der Waals surface area contributed by atoms with Crippen LogP contribution in [0.15, 0.2) is 18.2 Å². The number of alkyl halides is 3. The summed E-state index contributed by atoms with van der Waals surface area (Å²) in [6, 6.07) is 4.31. The average molecular weight is 505 g/mol. The molecular formula is C24H35F3N2O4S. The molecule has 10 heteroatoms. The van der Waals surface area contributed by atoms with Gasteiger partial charge in [0.25, 0.3) is 5.91 Å². The number of nitrogens with zero attached hydrogens (tertiary/aromatic N) is 1. The van der Waals surface area contributed by atoms with Crippen molar-refractivity contribution in [2.45, 2.75) is 89.8 Å². The Morgan fingerprint density at radius 2 is 1.59 bits per heavy atom. The number of anilines is 1. The number of unbranched alkanes of at least 4 members (excludes halogenated alkanes) is 7. The third-order valence-corrected chi connectivity index (χ3v) is 7.44. The van der Waals surface area contributed by atoms with Gasteiger partial charge in [-0.2, -0.15) is 18.4 Å². The Morgan fingerprint density at radius 1 is 1.03 bits per heavy atom. The lowest BCUT2D eigenvalue weighted by Gasteiger charge is -2.22. The van der Waals surface area contributed by atoms with Crippen LogP contribution in [0.3, 0.4) is 0 Å². The summed E-state index contributed by atoms with van der Waals surface area (Å²) in [6.45, 7) is 3.33. The second kappa shape index (κ2) is 13.7. The maximum absolute atomic E-state index is 13.1. The molecule has 1 rings (SSSR count). The summed E-state index contributed by atoms with van der Waals surface area (Å²) in [5.74, 6) is -0.367. The zero-order valence-corrected chi connectivity index (χ0v) is 20.7. The summed E-state index contributed by atoms with van der Waals surface area (Å²) in [5.41, 5.74) is -3.62. The largest absolute Gasteiger partial charge is 0.417 e. The fourth-order valence-corrected chi connectivity index (χ4v) is 5.00. The summed E-state index contributed by atoms with van der Waals surface area (Å²) in [4.78, 5) is 12.4. The molecule has 1 atom stereocenters. The van der Waals surface area contributed by atoms with Crippen LogP contribution < -0.4 is 5.32 Å². The topological polar surface area (TPSA) is 107 Å². The van der Waals surface area contributed by atoms with E-state index in [2.05, 4.69) is 5.32 Å². The summed E-state index contributed by atoms with van der Waals surface area (Å²) >= 11 is 0. The van der Waals surface area contributed by atoms with E-state index in [4.69, 9.17) is 5.26 Å². The zero-order valence-electron chi connectivity index (χ0n) is 19.9. The Kier molecular flexibility index (Phi) is 12.0.